The van der Waals surface area contributed by atoms with Gasteiger partial charge in [0.1, 0.15) is 0 Å². The average Bonchev–Trinajstić information content (AvgIpc) is 2.17. The van der Waals surface area contributed by atoms with Crippen LogP contribution in [0.4, 0.5) is 0 Å². The molecule has 0 saturated carbocycles. The number of piperidine rings is 1. The molecule has 1 saturated heterocycles. The Balaban J connectivity index is 2.39. The lowest BCUT2D eigenvalue weighted by Crippen LogP contribution is -2.48. The quantitative estimate of drug-likeness (QED) is 0.569. The molecule has 0 aromatic carbocycles. The zero-order chi connectivity index (χ0) is 8.97. The molecular formula is C8H17N3O. The predicted molar refractivity (Wildman–Crippen MR) is 47.7 cm³/mol. The van der Waals surface area contributed by atoms with Crippen molar-refractivity contribution in [1.82, 2.24) is 10.2 Å². The summed E-state index contributed by atoms with van der Waals surface area (Å²) in [6.07, 6.45) is 2.24. The van der Waals surface area contributed by atoms with E-state index < -0.39 is 0 Å². The average molecular weight is 171 g/mol. The van der Waals surface area contributed by atoms with Gasteiger partial charge in [-0.25, -0.2) is 0 Å². The molecule has 3 N–H and O–H groups in total. The lowest BCUT2D eigenvalue weighted by atomic mass is 10.1. The van der Waals surface area contributed by atoms with Crippen LogP contribution in [0.25, 0.3) is 0 Å². The third-order valence-corrected chi connectivity index (χ3v) is 2.39. The minimum Gasteiger partial charge on any atom is -0.340 e. The van der Waals surface area contributed by atoms with Gasteiger partial charge in [-0.2, -0.15) is 0 Å². The molecule has 0 aromatic heterocycles. The van der Waals surface area contributed by atoms with Gasteiger partial charge >= 0.3 is 0 Å². The summed E-state index contributed by atoms with van der Waals surface area (Å²) in [7, 11) is 1.83. The first kappa shape index (κ1) is 9.48. The van der Waals surface area contributed by atoms with Crippen molar-refractivity contribution in [2.24, 2.45) is 5.73 Å². The molecule has 1 aliphatic heterocycles. The van der Waals surface area contributed by atoms with Gasteiger partial charge in [-0.3, -0.25) is 4.79 Å². The number of carbonyl (C=O) groups excluding carboxylic acids is 1. The molecule has 0 aliphatic carbocycles. The van der Waals surface area contributed by atoms with Crippen molar-refractivity contribution in [2.75, 3.05) is 26.7 Å². The summed E-state index contributed by atoms with van der Waals surface area (Å²) >= 11 is 0. The number of likely N-dealkylation sites (N-methyl/N-ethyl adjacent to an activating group) is 1. The van der Waals surface area contributed by atoms with E-state index in [1.807, 2.05) is 7.05 Å². The number of nitrogens with two attached hydrogens (primary N) is 1. The maximum Gasteiger partial charge on any atom is 0.236 e. The fourth-order valence-electron chi connectivity index (χ4n) is 1.51. The van der Waals surface area contributed by atoms with Crippen LogP contribution in [-0.4, -0.2) is 43.5 Å². The van der Waals surface area contributed by atoms with Crippen LogP contribution >= 0.6 is 0 Å². The standard InChI is InChI=1S/C8H17N3O/c1-11(8(12)5-9)7-3-2-4-10-6-7/h7,10H,2-6,9H2,1H3. The van der Waals surface area contributed by atoms with Crippen LogP contribution in [0, 0.1) is 0 Å². The van der Waals surface area contributed by atoms with Crippen molar-refractivity contribution in [1.29, 1.82) is 0 Å². The van der Waals surface area contributed by atoms with E-state index in [9.17, 15) is 4.79 Å². The first-order chi connectivity index (χ1) is 5.75. The first-order valence-corrected chi connectivity index (χ1v) is 4.42. The Kier molecular flexibility index (Phi) is 3.49. The third kappa shape index (κ3) is 2.19. The van der Waals surface area contributed by atoms with Gasteiger partial charge in [0.15, 0.2) is 0 Å². The zero-order valence-corrected chi connectivity index (χ0v) is 7.55. The number of carbonyl (C=O) groups is 1. The Hall–Kier alpha value is -0.610. The fourth-order valence-corrected chi connectivity index (χ4v) is 1.51. The summed E-state index contributed by atoms with van der Waals surface area (Å²) in [5.74, 6) is 0.0312. The molecule has 1 atom stereocenters. The molecule has 70 valence electrons. The highest BCUT2D eigenvalue weighted by molar-refractivity contribution is 5.78. The molecule has 0 spiro atoms. The maximum atomic E-state index is 11.2. The maximum absolute atomic E-state index is 11.2. The highest BCUT2D eigenvalue weighted by Crippen LogP contribution is 2.07. The number of nitrogens with one attached hydrogen (secondary N) is 1. The molecule has 0 radical (unpaired) electrons. The Morgan fingerprint density at radius 3 is 3.00 bits per heavy atom. The van der Waals surface area contributed by atoms with Crippen molar-refractivity contribution < 1.29 is 4.79 Å². The van der Waals surface area contributed by atoms with Gasteiger partial charge in [-0.05, 0) is 19.4 Å². The Morgan fingerprint density at radius 2 is 2.50 bits per heavy atom. The van der Waals surface area contributed by atoms with Crippen LogP contribution in [0.5, 0.6) is 0 Å². The Labute approximate surface area is 73.1 Å². The summed E-state index contributed by atoms with van der Waals surface area (Å²) in [5.41, 5.74) is 5.27. The number of amides is 1. The number of hydrogen-bond donors (Lipinski definition) is 2. The SMILES string of the molecule is CN(C(=O)CN)C1CCCNC1. The van der Waals surface area contributed by atoms with Crippen molar-refractivity contribution in [3.05, 3.63) is 0 Å². The minimum absolute atomic E-state index is 0.0312. The second kappa shape index (κ2) is 4.42. The van der Waals surface area contributed by atoms with Gasteiger partial charge in [0, 0.05) is 19.6 Å². The highest BCUT2D eigenvalue weighted by atomic mass is 16.2. The molecule has 1 heterocycles. The van der Waals surface area contributed by atoms with E-state index in [1.165, 1.54) is 0 Å². The molecule has 1 rings (SSSR count). The summed E-state index contributed by atoms with van der Waals surface area (Å²) in [5, 5.41) is 3.26. The summed E-state index contributed by atoms with van der Waals surface area (Å²) < 4.78 is 0. The van der Waals surface area contributed by atoms with Crippen molar-refractivity contribution >= 4 is 5.91 Å². The molecule has 1 amide bonds. The summed E-state index contributed by atoms with van der Waals surface area (Å²) in [6, 6.07) is 0.342. The summed E-state index contributed by atoms with van der Waals surface area (Å²) in [4.78, 5) is 12.9. The van der Waals surface area contributed by atoms with E-state index in [-0.39, 0.29) is 12.5 Å². The van der Waals surface area contributed by atoms with Crippen LogP contribution in [-0.2, 0) is 4.79 Å². The molecule has 4 nitrogen and oxygen atoms in total. The van der Waals surface area contributed by atoms with E-state index >= 15 is 0 Å². The smallest absolute Gasteiger partial charge is 0.236 e. The van der Waals surface area contributed by atoms with E-state index in [0.29, 0.717) is 6.04 Å². The fraction of sp³-hybridized carbons (Fsp3) is 0.875. The van der Waals surface area contributed by atoms with E-state index in [0.717, 1.165) is 25.9 Å². The van der Waals surface area contributed by atoms with Crippen LogP contribution in [0.1, 0.15) is 12.8 Å². The van der Waals surface area contributed by atoms with Crippen LogP contribution in [0.3, 0.4) is 0 Å². The minimum atomic E-state index is 0.0312. The molecule has 0 bridgehead atoms. The summed E-state index contributed by atoms with van der Waals surface area (Å²) in [6.45, 7) is 2.09. The van der Waals surface area contributed by atoms with Gasteiger partial charge in [-0.1, -0.05) is 0 Å². The van der Waals surface area contributed by atoms with Crippen molar-refractivity contribution in [3.8, 4) is 0 Å². The Bertz CT molecular complexity index is 154. The zero-order valence-electron chi connectivity index (χ0n) is 7.55. The van der Waals surface area contributed by atoms with Crippen molar-refractivity contribution in [3.63, 3.8) is 0 Å². The van der Waals surface area contributed by atoms with Gasteiger partial charge in [-0.15, -0.1) is 0 Å². The lowest BCUT2D eigenvalue weighted by molar-refractivity contribution is -0.130. The topological polar surface area (TPSA) is 58.4 Å². The Morgan fingerprint density at radius 1 is 1.75 bits per heavy atom. The monoisotopic (exact) mass is 171 g/mol. The van der Waals surface area contributed by atoms with Crippen LogP contribution < -0.4 is 11.1 Å². The van der Waals surface area contributed by atoms with E-state index in [2.05, 4.69) is 5.32 Å². The van der Waals surface area contributed by atoms with Crippen molar-refractivity contribution in [2.45, 2.75) is 18.9 Å². The third-order valence-electron chi connectivity index (χ3n) is 2.39. The second-order valence-corrected chi connectivity index (χ2v) is 3.21. The molecular weight excluding hydrogens is 154 g/mol. The van der Waals surface area contributed by atoms with E-state index in [1.54, 1.807) is 4.90 Å². The normalized spacial score (nSPS) is 23.7. The molecule has 1 fully saturated rings. The number of rotatable bonds is 2. The first-order valence-electron chi connectivity index (χ1n) is 4.42. The number of hydrogen-bond acceptors (Lipinski definition) is 3. The predicted octanol–water partition coefficient (Wildman–Crippen LogP) is -0.844. The largest absolute Gasteiger partial charge is 0.340 e. The van der Waals surface area contributed by atoms with Crippen LogP contribution in [0.2, 0.25) is 0 Å². The highest BCUT2D eigenvalue weighted by Gasteiger charge is 2.20. The molecule has 1 unspecified atom stereocenters. The lowest BCUT2D eigenvalue weighted by Gasteiger charge is -2.31. The second-order valence-electron chi connectivity index (χ2n) is 3.21. The molecule has 12 heavy (non-hydrogen) atoms. The van der Waals surface area contributed by atoms with Gasteiger partial charge in [0.05, 0.1) is 6.54 Å². The van der Waals surface area contributed by atoms with Crippen LogP contribution in [0.15, 0.2) is 0 Å². The molecule has 0 aromatic rings. The van der Waals surface area contributed by atoms with Gasteiger partial charge in [0.25, 0.3) is 0 Å². The molecule has 4 heteroatoms. The van der Waals surface area contributed by atoms with Gasteiger partial charge < -0.3 is 16.0 Å². The number of nitrogens with zero attached hydrogens (tertiary/aromatic N) is 1. The van der Waals surface area contributed by atoms with E-state index in [4.69, 9.17) is 5.73 Å². The van der Waals surface area contributed by atoms with Gasteiger partial charge in [0.2, 0.25) is 5.91 Å². The molecule has 1 aliphatic rings.